The standard InChI is InChI=1S/C34H25N3O/c1-34(2,3)26-18-17-24(27-12-8-9-19-36-27)32-30(26)25-16-15-21(20-35)31(33(25)38-32)37-28-13-6-4-10-22(28)23-11-5-7-14-29(23)37/h4-19H,1-3H3/i4D,5D,6D,7D,10D,11D,13D,14D. The predicted octanol–water partition coefficient (Wildman–Crippen LogP) is 8.91. The van der Waals surface area contributed by atoms with E-state index in [9.17, 15) is 5.26 Å². The van der Waals surface area contributed by atoms with E-state index >= 15 is 0 Å². The number of pyridine rings is 1. The number of rotatable bonds is 2. The highest BCUT2D eigenvalue weighted by Gasteiger charge is 2.26. The number of benzene rings is 4. The maximum Gasteiger partial charge on any atom is 0.160 e. The Morgan fingerprint density at radius 1 is 0.842 bits per heavy atom. The molecule has 0 atom stereocenters. The summed E-state index contributed by atoms with van der Waals surface area (Å²) in [5.74, 6) is 0. The Bertz CT molecular complexity index is 2430. The van der Waals surface area contributed by atoms with E-state index in [-0.39, 0.29) is 44.1 Å². The molecular formula is C34H25N3O. The van der Waals surface area contributed by atoms with Crippen molar-refractivity contribution in [3.05, 3.63) is 108 Å². The minimum absolute atomic E-state index is 0.0745. The molecule has 38 heavy (non-hydrogen) atoms. The largest absolute Gasteiger partial charge is 0.453 e. The van der Waals surface area contributed by atoms with Crippen molar-refractivity contribution in [3.8, 4) is 23.0 Å². The lowest BCUT2D eigenvalue weighted by molar-refractivity contribution is 0.595. The third-order valence-corrected chi connectivity index (χ3v) is 6.89. The van der Waals surface area contributed by atoms with Crippen LogP contribution in [0.4, 0.5) is 0 Å². The molecule has 0 aliphatic carbocycles. The maximum absolute atomic E-state index is 10.4. The second kappa shape index (κ2) is 8.06. The van der Waals surface area contributed by atoms with Crippen LogP contribution < -0.4 is 0 Å². The van der Waals surface area contributed by atoms with Crippen LogP contribution in [0, 0.1) is 11.3 Å². The molecule has 4 nitrogen and oxygen atoms in total. The highest BCUT2D eigenvalue weighted by Crippen LogP contribution is 2.45. The van der Waals surface area contributed by atoms with Crippen LogP contribution in [-0.2, 0) is 5.41 Å². The zero-order valence-corrected chi connectivity index (χ0v) is 20.9. The van der Waals surface area contributed by atoms with Crippen LogP contribution in [0.5, 0.6) is 0 Å². The van der Waals surface area contributed by atoms with Crippen molar-refractivity contribution in [1.29, 1.82) is 5.26 Å². The van der Waals surface area contributed by atoms with Gasteiger partial charge in [0.2, 0.25) is 0 Å². The summed E-state index contributed by atoms with van der Waals surface area (Å²) in [7, 11) is 0. The first-order valence-electron chi connectivity index (χ1n) is 16.1. The molecule has 0 radical (unpaired) electrons. The summed E-state index contributed by atoms with van der Waals surface area (Å²) in [6.07, 6.45) is 1.68. The molecule has 4 heteroatoms. The summed E-state index contributed by atoms with van der Waals surface area (Å²) in [4.78, 5) is 4.54. The Labute approximate surface area is 231 Å². The first-order chi connectivity index (χ1) is 21.8. The zero-order valence-electron chi connectivity index (χ0n) is 28.9. The zero-order chi connectivity index (χ0) is 33.0. The monoisotopic (exact) mass is 499 g/mol. The molecule has 0 saturated carbocycles. The lowest BCUT2D eigenvalue weighted by Crippen LogP contribution is -2.11. The Balaban J connectivity index is 1.80. The number of hydrogen-bond donors (Lipinski definition) is 0. The first kappa shape index (κ1) is 15.4. The minimum atomic E-state index is -0.542. The van der Waals surface area contributed by atoms with Gasteiger partial charge in [-0.3, -0.25) is 4.98 Å². The van der Waals surface area contributed by atoms with Crippen molar-refractivity contribution < 1.29 is 15.4 Å². The molecule has 3 aromatic heterocycles. The molecule has 7 aromatic rings. The minimum Gasteiger partial charge on any atom is -0.453 e. The van der Waals surface area contributed by atoms with Gasteiger partial charge >= 0.3 is 0 Å². The molecule has 0 saturated heterocycles. The molecule has 0 bridgehead atoms. The highest BCUT2D eigenvalue weighted by molar-refractivity contribution is 6.16. The van der Waals surface area contributed by atoms with Crippen LogP contribution in [-0.4, -0.2) is 9.55 Å². The SMILES string of the molecule is [2H]c1c([2H])c([2H])c2c(c1[2H])c1c([2H])c([2H])c([2H])c([2H])c1n2-c1c(C#N)ccc2c1oc1c(-c3ccccn3)ccc(C(C)(C)C)c12. The van der Waals surface area contributed by atoms with Crippen LogP contribution >= 0.6 is 0 Å². The number of furan rings is 1. The third-order valence-electron chi connectivity index (χ3n) is 6.89. The molecular weight excluding hydrogens is 466 g/mol. The lowest BCUT2D eigenvalue weighted by Gasteiger charge is -2.21. The van der Waals surface area contributed by atoms with Gasteiger partial charge in [-0.05, 0) is 53.4 Å². The molecule has 0 aliphatic heterocycles. The Morgan fingerprint density at radius 3 is 2.18 bits per heavy atom. The summed E-state index contributed by atoms with van der Waals surface area (Å²) in [5.41, 5.74) is 2.74. The van der Waals surface area contributed by atoms with E-state index < -0.39 is 48.3 Å². The van der Waals surface area contributed by atoms with Gasteiger partial charge in [0.1, 0.15) is 17.3 Å². The molecule has 0 unspecified atom stereocenters. The van der Waals surface area contributed by atoms with Crippen LogP contribution in [0.25, 0.3) is 60.7 Å². The highest BCUT2D eigenvalue weighted by atomic mass is 16.3. The van der Waals surface area contributed by atoms with Crippen molar-refractivity contribution in [1.82, 2.24) is 9.55 Å². The smallest absolute Gasteiger partial charge is 0.160 e. The van der Waals surface area contributed by atoms with Crippen molar-refractivity contribution in [2.24, 2.45) is 0 Å². The van der Waals surface area contributed by atoms with Crippen LogP contribution in [0.3, 0.4) is 0 Å². The topological polar surface area (TPSA) is 54.8 Å². The van der Waals surface area contributed by atoms with Crippen molar-refractivity contribution in [3.63, 3.8) is 0 Å². The van der Waals surface area contributed by atoms with Crippen molar-refractivity contribution in [2.75, 3.05) is 0 Å². The lowest BCUT2D eigenvalue weighted by atomic mass is 9.83. The van der Waals surface area contributed by atoms with Crippen LogP contribution in [0.2, 0.25) is 0 Å². The molecule has 0 fully saturated rings. The molecule has 0 aliphatic rings. The fourth-order valence-electron chi connectivity index (χ4n) is 5.23. The average molecular weight is 500 g/mol. The number of aromatic nitrogens is 2. The first-order valence-corrected chi connectivity index (χ1v) is 12.1. The molecule has 0 spiro atoms. The van der Waals surface area contributed by atoms with E-state index in [1.54, 1.807) is 18.3 Å². The number of hydrogen-bond acceptors (Lipinski definition) is 3. The molecule has 4 aromatic carbocycles. The fraction of sp³-hybridized carbons (Fsp3) is 0.118. The Hall–Kier alpha value is -4.88. The Kier molecular flexibility index (Phi) is 3.26. The summed E-state index contributed by atoms with van der Waals surface area (Å²) >= 11 is 0. The van der Waals surface area contributed by atoms with Crippen LogP contribution in [0.1, 0.15) is 42.9 Å². The second-order valence-corrected chi connectivity index (χ2v) is 10.2. The predicted molar refractivity (Wildman–Crippen MR) is 155 cm³/mol. The second-order valence-electron chi connectivity index (χ2n) is 10.2. The van der Waals surface area contributed by atoms with Gasteiger partial charge in [-0.15, -0.1) is 0 Å². The van der Waals surface area contributed by atoms with Crippen molar-refractivity contribution in [2.45, 2.75) is 26.2 Å². The van der Waals surface area contributed by atoms with Gasteiger partial charge < -0.3 is 8.98 Å². The number of nitriles is 1. The van der Waals surface area contributed by atoms with Crippen molar-refractivity contribution >= 4 is 43.7 Å². The van der Waals surface area contributed by atoms with Gasteiger partial charge in [-0.2, -0.15) is 5.26 Å². The summed E-state index contributed by atoms with van der Waals surface area (Å²) in [6, 6.07) is 11.1. The number of para-hydroxylation sites is 2. The summed E-state index contributed by atoms with van der Waals surface area (Å²) < 4.78 is 77.3. The quantitative estimate of drug-likeness (QED) is 0.239. The molecule has 7 rings (SSSR count). The summed E-state index contributed by atoms with van der Waals surface area (Å²) in [5, 5.41) is 11.7. The normalized spacial score (nSPS) is 15.0. The maximum atomic E-state index is 10.4. The average Bonchev–Trinajstić information content (AvgIpc) is 3.60. The van der Waals surface area contributed by atoms with Gasteiger partial charge in [0.15, 0.2) is 5.58 Å². The fourth-order valence-corrected chi connectivity index (χ4v) is 5.23. The van der Waals surface area contributed by atoms with Gasteiger partial charge in [0, 0.05) is 33.3 Å². The number of fused-ring (bicyclic) bond motifs is 6. The van der Waals surface area contributed by atoms with E-state index in [1.807, 2.05) is 30.3 Å². The molecule has 182 valence electrons. The van der Waals surface area contributed by atoms with E-state index in [2.05, 4.69) is 31.8 Å². The molecule has 3 heterocycles. The van der Waals surface area contributed by atoms with Gasteiger partial charge in [-0.25, -0.2) is 0 Å². The summed E-state index contributed by atoms with van der Waals surface area (Å²) in [6.45, 7) is 6.22. The van der Waals surface area contributed by atoms with E-state index in [1.165, 1.54) is 4.57 Å². The van der Waals surface area contributed by atoms with Gasteiger partial charge in [0.25, 0.3) is 0 Å². The van der Waals surface area contributed by atoms with E-state index in [0.29, 0.717) is 22.2 Å². The third kappa shape index (κ3) is 3.12. The van der Waals surface area contributed by atoms with Gasteiger partial charge in [0.05, 0.1) is 33.3 Å². The van der Waals surface area contributed by atoms with E-state index in [4.69, 9.17) is 15.4 Å². The molecule has 0 N–H and O–H groups in total. The number of nitrogens with zero attached hydrogens (tertiary/aromatic N) is 3. The van der Waals surface area contributed by atoms with Crippen LogP contribution in [0.15, 0.2) is 101 Å². The van der Waals surface area contributed by atoms with Gasteiger partial charge in [-0.1, -0.05) is 69.2 Å². The van der Waals surface area contributed by atoms with E-state index in [0.717, 1.165) is 10.9 Å². The Morgan fingerprint density at radius 2 is 1.55 bits per heavy atom. The molecule has 0 amide bonds.